The fraction of sp³-hybridized carbons (Fsp3) is 0.211. The Balaban J connectivity index is 1.57. The SMILES string of the molecule is COc1ccc(Cl)cc1S(=O)(=O)NCCNc1cc(Nc2cc(C)ccn2)ncn1. The third-order valence-electron chi connectivity index (χ3n) is 3.98. The van der Waals surface area contributed by atoms with Crippen LogP contribution in [0.1, 0.15) is 5.56 Å². The lowest BCUT2D eigenvalue weighted by Crippen LogP contribution is -2.29. The summed E-state index contributed by atoms with van der Waals surface area (Å²) in [5, 5.41) is 6.45. The van der Waals surface area contributed by atoms with Crippen LogP contribution in [0.15, 0.2) is 53.8 Å². The zero-order valence-corrected chi connectivity index (χ0v) is 18.0. The molecule has 11 heteroatoms. The van der Waals surface area contributed by atoms with Gasteiger partial charge in [-0.3, -0.25) is 0 Å². The summed E-state index contributed by atoms with van der Waals surface area (Å²) < 4.78 is 32.7. The number of benzene rings is 1. The molecule has 9 nitrogen and oxygen atoms in total. The van der Waals surface area contributed by atoms with Crippen molar-refractivity contribution in [1.82, 2.24) is 19.7 Å². The fourth-order valence-electron chi connectivity index (χ4n) is 2.57. The number of aryl methyl sites for hydroxylation is 1. The molecule has 30 heavy (non-hydrogen) atoms. The van der Waals surface area contributed by atoms with Crippen LogP contribution in [-0.4, -0.2) is 43.6 Å². The smallest absolute Gasteiger partial charge is 0.244 e. The molecule has 0 bridgehead atoms. The molecule has 0 spiro atoms. The first-order chi connectivity index (χ1) is 14.4. The standard InChI is InChI=1S/C19H21ClN6O3S/c1-13-5-6-21-18(9-13)26-19-11-17(23-12-24-19)22-7-8-25-30(27,28)16-10-14(20)3-4-15(16)29-2/h3-6,9-12,25H,7-8H2,1-2H3,(H2,21,22,23,24,26). The van der Waals surface area contributed by atoms with Crippen molar-refractivity contribution in [3.8, 4) is 5.75 Å². The average Bonchev–Trinajstić information content (AvgIpc) is 2.71. The maximum absolute atomic E-state index is 12.5. The van der Waals surface area contributed by atoms with Crippen LogP contribution in [0.3, 0.4) is 0 Å². The van der Waals surface area contributed by atoms with E-state index >= 15 is 0 Å². The summed E-state index contributed by atoms with van der Waals surface area (Å²) in [5.41, 5.74) is 1.07. The molecule has 0 aliphatic rings. The molecule has 0 aliphatic carbocycles. The number of ether oxygens (including phenoxy) is 1. The molecule has 2 aromatic heterocycles. The number of aromatic nitrogens is 3. The normalized spacial score (nSPS) is 11.2. The number of nitrogens with zero attached hydrogens (tertiary/aromatic N) is 3. The molecule has 1 aromatic carbocycles. The molecule has 0 amide bonds. The lowest BCUT2D eigenvalue weighted by molar-refractivity contribution is 0.402. The number of rotatable bonds is 9. The van der Waals surface area contributed by atoms with Gasteiger partial charge in [0.15, 0.2) is 0 Å². The number of nitrogens with one attached hydrogen (secondary N) is 3. The minimum absolute atomic E-state index is 0.0170. The van der Waals surface area contributed by atoms with Crippen molar-refractivity contribution in [3.63, 3.8) is 0 Å². The summed E-state index contributed by atoms with van der Waals surface area (Å²) in [6, 6.07) is 9.92. The summed E-state index contributed by atoms with van der Waals surface area (Å²) in [6.07, 6.45) is 3.11. The van der Waals surface area contributed by atoms with Gasteiger partial charge in [-0.15, -0.1) is 0 Å². The van der Waals surface area contributed by atoms with E-state index in [0.717, 1.165) is 5.56 Å². The molecular weight excluding hydrogens is 428 g/mol. The molecule has 158 valence electrons. The average molecular weight is 449 g/mol. The Morgan fingerprint density at radius 2 is 1.77 bits per heavy atom. The molecule has 0 fully saturated rings. The second kappa shape index (κ2) is 9.70. The van der Waals surface area contributed by atoms with E-state index in [9.17, 15) is 8.42 Å². The molecule has 0 saturated carbocycles. The van der Waals surface area contributed by atoms with E-state index in [4.69, 9.17) is 16.3 Å². The maximum atomic E-state index is 12.5. The van der Waals surface area contributed by atoms with Gasteiger partial charge in [-0.05, 0) is 42.8 Å². The van der Waals surface area contributed by atoms with Crippen molar-refractivity contribution < 1.29 is 13.2 Å². The van der Waals surface area contributed by atoms with Crippen molar-refractivity contribution in [3.05, 3.63) is 59.5 Å². The molecule has 2 heterocycles. The number of anilines is 3. The largest absolute Gasteiger partial charge is 0.495 e. The number of hydrogen-bond acceptors (Lipinski definition) is 8. The Labute approximate surface area is 179 Å². The Hall–Kier alpha value is -2.95. The van der Waals surface area contributed by atoms with E-state index in [0.29, 0.717) is 29.0 Å². The lowest BCUT2D eigenvalue weighted by Gasteiger charge is -2.12. The second-order valence-electron chi connectivity index (χ2n) is 6.25. The highest BCUT2D eigenvalue weighted by molar-refractivity contribution is 7.89. The van der Waals surface area contributed by atoms with E-state index in [1.807, 2.05) is 19.1 Å². The van der Waals surface area contributed by atoms with Crippen molar-refractivity contribution in [2.75, 3.05) is 30.8 Å². The first-order valence-electron chi connectivity index (χ1n) is 8.96. The van der Waals surface area contributed by atoms with Crippen LogP contribution in [0, 0.1) is 6.92 Å². The molecule has 0 atom stereocenters. The predicted molar refractivity (Wildman–Crippen MR) is 116 cm³/mol. The first-order valence-corrected chi connectivity index (χ1v) is 10.8. The van der Waals surface area contributed by atoms with Crippen LogP contribution >= 0.6 is 11.6 Å². The van der Waals surface area contributed by atoms with E-state index in [1.54, 1.807) is 18.3 Å². The number of sulfonamides is 1. The van der Waals surface area contributed by atoms with Gasteiger partial charge in [0.1, 0.15) is 34.4 Å². The highest BCUT2D eigenvalue weighted by Crippen LogP contribution is 2.26. The highest BCUT2D eigenvalue weighted by atomic mass is 35.5. The summed E-state index contributed by atoms with van der Waals surface area (Å²) in [7, 11) is -2.39. The van der Waals surface area contributed by atoms with Gasteiger partial charge in [-0.25, -0.2) is 28.1 Å². The van der Waals surface area contributed by atoms with Gasteiger partial charge < -0.3 is 15.4 Å². The monoisotopic (exact) mass is 448 g/mol. The Morgan fingerprint density at radius 3 is 2.53 bits per heavy atom. The predicted octanol–water partition coefficient (Wildman–Crippen LogP) is 2.98. The van der Waals surface area contributed by atoms with Crippen molar-refractivity contribution in [2.24, 2.45) is 0 Å². The molecule has 3 N–H and O–H groups in total. The van der Waals surface area contributed by atoms with Crippen LogP contribution in [0.5, 0.6) is 5.75 Å². The number of hydrogen-bond donors (Lipinski definition) is 3. The third-order valence-corrected chi connectivity index (χ3v) is 5.69. The zero-order valence-electron chi connectivity index (χ0n) is 16.4. The summed E-state index contributed by atoms with van der Waals surface area (Å²) in [6.45, 7) is 2.41. The maximum Gasteiger partial charge on any atom is 0.244 e. The van der Waals surface area contributed by atoms with E-state index in [2.05, 4.69) is 30.3 Å². The number of pyridine rings is 1. The van der Waals surface area contributed by atoms with Gasteiger partial charge in [0, 0.05) is 30.4 Å². The van der Waals surface area contributed by atoms with E-state index in [1.165, 1.54) is 25.6 Å². The van der Waals surface area contributed by atoms with E-state index < -0.39 is 10.0 Å². The number of methoxy groups -OCH3 is 1. The summed E-state index contributed by atoms with van der Waals surface area (Å²) in [4.78, 5) is 12.5. The lowest BCUT2D eigenvalue weighted by atomic mass is 10.3. The van der Waals surface area contributed by atoms with Crippen LogP contribution < -0.4 is 20.1 Å². The van der Waals surface area contributed by atoms with Crippen molar-refractivity contribution in [2.45, 2.75) is 11.8 Å². The Kier molecular flexibility index (Phi) is 7.03. The summed E-state index contributed by atoms with van der Waals surface area (Å²) >= 11 is 5.92. The van der Waals surface area contributed by atoms with Crippen molar-refractivity contribution in [1.29, 1.82) is 0 Å². The van der Waals surface area contributed by atoms with Gasteiger partial charge in [-0.2, -0.15) is 0 Å². The van der Waals surface area contributed by atoms with Crippen LogP contribution in [0.25, 0.3) is 0 Å². The topological polar surface area (TPSA) is 118 Å². The van der Waals surface area contributed by atoms with Gasteiger partial charge >= 0.3 is 0 Å². The minimum Gasteiger partial charge on any atom is -0.495 e. The molecule has 0 radical (unpaired) electrons. The van der Waals surface area contributed by atoms with Crippen LogP contribution in [-0.2, 0) is 10.0 Å². The Bertz CT molecular complexity index is 1130. The van der Waals surface area contributed by atoms with E-state index in [-0.39, 0.29) is 17.2 Å². The molecule has 3 rings (SSSR count). The minimum atomic E-state index is -3.79. The number of halogens is 1. The molecule has 0 aliphatic heterocycles. The molecular formula is C19H21ClN6O3S. The molecule has 0 unspecified atom stereocenters. The van der Waals surface area contributed by atoms with Gasteiger partial charge in [0.25, 0.3) is 0 Å². The Morgan fingerprint density at radius 1 is 1.00 bits per heavy atom. The second-order valence-corrected chi connectivity index (χ2v) is 8.42. The van der Waals surface area contributed by atoms with Gasteiger partial charge in [0.05, 0.1) is 7.11 Å². The van der Waals surface area contributed by atoms with Crippen LogP contribution in [0.2, 0.25) is 5.02 Å². The van der Waals surface area contributed by atoms with Crippen molar-refractivity contribution >= 4 is 39.1 Å². The van der Waals surface area contributed by atoms with Gasteiger partial charge in [0.2, 0.25) is 10.0 Å². The van der Waals surface area contributed by atoms with Gasteiger partial charge in [-0.1, -0.05) is 11.6 Å². The quantitative estimate of drug-likeness (QED) is 0.427. The zero-order chi connectivity index (χ0) is 21.6. The fourth-order valence-corrected chi connectivity index (χ4v) is 4.03. The first kappa shape index (κ1) is 21.8. The molecule has 0 saturated heterocycles. The summed E-state index contributed by atoms with van der Waals surface area (Å²) in [5.74, 6) is 1.99. The van der Waals surface area contributed by atoms with Crippen LogP contribution in [0.4, 0.5) is 17.5 Å². The third kappa shape index (κ3) is 5.78. The molecule has 3 aromatic rings. The highest BCUT2D eigenvalue weighted by Gasteiger charge is 2.19.